The topological polar surface area (TPSA) is 115 Å². The summed E-state index contributed by atoms with van der Waals surface area (Å²) < 4.78 is 0.877. The number of halogens is 1. The first-order valence-electron chi connectivity index (χ1n) is 10.4. The van der Waals surface area contributed by atoms with E-state index in [0.29, 0.717) is 17.6 Å². The van der Waals surface area contributed by atoms with Crippen molar-refractivity contribution in [2.45, 2.75) is 19.3 Å². The summed E-state index contributed by atoms with van der Waals surface area (Å²) in [6.45, 7) is 1.78. The van der Waals surface area contributed by atoms with E-state index >= 15 is 0 Å². The van der Waals surface area contributed by atoms with Gasteiger partial charge in [0.25, 0.3) is 5.95 Å². The van der Waals surface area contributed by atoms with Gasteiger partial charge < -0.3 is 20.3 Å². The van der Waals surface area contributed by atoms with Gasteiger partial charge in [0.05, 0.1) is 5.52 Å². The van der Waals surface area contributed by atoms with Crippen molar-refractivity contribution in [3.8, 4) is 5.88 Å². The highest BCUT2D eigenvalue weighted by molar-refractivity contribution is 9.10. The van der Waals surface area contributed by atoms with Gasteiger partial charge in [0.15, 0.2) is 5.69 Å². The number of benzene rings is 2. The van der Waals surface area contributed by atoms with E-state index in [4.69, 9.17) is 0 Å². The van der Waals surface area contributed by atoms with E-state index in [1.165, 1.54) is 6.42 Å². The van der Waals surface area contributed by atoms with Crippen LogP contribution in [0.2, 0.25) is 0 Å². The number of para-hydroxylation sites is 1. The highest BCUT2D eigenvalue weighted by Gasteiger charge is 2.17. The number of H-pyrrole nitrogens is 1. The lowest BCUT2D eigenvalue weighted by Gasteiger charge is -2.26. The Morgan fingerprint density at radius 3 is 2.59 bits per heavy atom. The highest BCUT2D eigenvalue weighted by atomic mass is 79.9. The minimum Gasteiger partial charge on any atom is -0.493 e. The molecule has 0 atom stereocenters. The van der Waals surface area contributed by atoms with Crippen LogP contribution < -0.4 is 10.2 Å². The van der Waals surface area contributed by atoms with Crippen LogP contribution in [-0.2, 0) is 0 Å². The predicted molar refractivity (Wildman–Crippen MR) is 127 cm³/mol. The van der Waals surface area contributed by atoms with Gasteiger partial charge in [-0.3, -0.25) is 0 Å². The maximum atomic E-state index is 10.3. The van der Waals surface area contributed by atoms with Crippen molar-refractivity contribution in [3.05, 3.63) is 53.0 Å². The molecule has 32 heavy (non-hydrogen) atoms. The maximum Gasteiger partial charge on any atom is 0.275 e. The van der Waals surface area contributed by atoms with Crippen LogP contribution in [0.15, 0.2) is 63.2 Å². The van der Waals surface area contributed by atoms with Crippen LogP contribution in [0.5, 0.6) is 5.88 Å². The van der Waals surface area contributed by atoms with Gasteiger partial charge in [-0.1, -0.05) is 34.1 Å². The second-order valence-electron chi connectivity index (χ2n) is 7.51. The third-order valence-corrected chi connectivity index (χ3v) is 5.73. The van der Waals surface area contributed by atoms with Crippen molar-refractivity contribution in [2.24, 2.45) is 10.2 Å². The number of fused-ring (bicyclic) bond motifs is 1. The Morgan fingerprint density at radius 2 is 1.78 bits per heavy atom. The van der Waals surface area contributed by atoms with Crippen molar-refractivity contribution in [3.63, 3.8) is 0 Å². The van der Waals surface area contributed by atoms with Crippen LogP contribution >= 0.6 is 15.9 Å². The zero-order valence-electron chi connectivity index (χ0n) is 17.2. The molecule has 9 nitrogen and oxygen atoms in total. The normalized spacial score (nSPS) is 14.3. The van der Waals surface area contributed by atoms with E-state index in [0.717, 1.165) is 47.0 Å². The molecule has 0 amide bonds. The van der Waals surface area contributed by atoms with Crippen molar-refractivity contribution in [2.75, 3.05) is 23.3 Å². The Morgan fingerprint density at radius 1 is 0.969 bits per heavy atom. The Hall–Kier alpha value is -3.53. The molecule has 3 heterocycles. The minimum atomic E-state index is -0.0604. The van der Waals surface area contributed by atoms with E-state index in [9.17, 15) is 5.11 Å². The third-order valence-electron chi connectivity index (χ3n) is 5.23. The molecule has 5 rings (SSSR count). The van der Waals surface area contributed by atoms with Gasteiger partial charge >= 0.3 is 0 Å². The first-order valence-corrected chi connectivity index (χ1v) is 11.2. The molecule has 0 spiro atoms. The predicted octanol–water partition coefficient (Wildman–Crippen LogP) is 5.97. The summed E-state index contributed by atoms with van der Waals surface area (Å²) in [5, 5.41) is 22.8. The van der Waals surface area contributed by atoms with Crippen molar-refractivity contribution >= 4 is 56.1 Å². The molecule has 1 aliphatic rings. The lowest BCUT2D eigenvalue weighted by atomic mass is 10.1. The Labute approximate surface area is 192 Å². The number of piperidine rings is 1. The summed E-state index contributed by atoms with van der Waals surface area (Å²) in [5.41, 5.74) is 1.96. The van der Waals surface area contributed by atoms with Crippen LogP contribution in [0, 0.1) is 0 Å². The number of nitrogens with zero attached hydrogens (tertiary/aromatic N) is 6. The van der Waals surface area contributed by atoms with E-state index in [2.05, 4.69) is 56.3 Å². The fourth-order valence-corrected chi connectivity index (χ4v) is 4.03. The molecule has 1 saturated heterocycles. The summed E-state index contributed by atoms with van der Waals surface area (Å²) >= 11 is 3.45. The number of aromatic amines is 1. The first kappa shape index (κ1) is 20.4. The second kappa shape index (κ2) is 8.91. The summed E-state index contributed by atoms with van der Waals surface area (Å²) in [4.78, 5) is 18.6. The van der Waals surface area contributed by atoms with Gasteiger partial charge in [0, 0.05) is 28.6 Å². The van der Waals surface area contributed by atoms with Gasteiger partial charge in [-0.25, -0.2) is 0 Å². The fraction of sp³-hybridized carbons (Fsp3) is 0.227. The lowest BCUT2D eigenvalue weighted by molar-refractivity contribution is 0.459. The van der Waals surface area contributed by atoms with E-state index in [-0.39, 0.29) is 11.8 Å². The zero-order chi connectivity index (χ0) is 21.9. The molecule has 0 unspecified atom stereocenters. The average Bonchev–Trinajstić information content (AvgIpc) is 3.13. The summed E-state index contributed by atoms with van der Waals surface area (Å²) in [6, 6.07) is 15.3. The van der Waals surface area contributed by atoms with Crippen molar-refractivity contribution < 1.29 is 5.11 Å². The molecular formula is C22H21BrN8O. The van der Waals surface area contributed by atoms with Crippen LogP contribution in [0.25, 0.3) is 10.9 Å². The fourth-order valence-electron chi connectivity index (χ4n) is 3.67. The van der Waals surface area contributed by atoms with Crippen molar-refractivity contribution in [1.29, 1.82) is 0 Å². The average molecular weight is 493 g/mol. The van der Waals surface area contributed by atoms with Crippen LogP contribution in [0.3, 0.4) is 0 Å². The Kier molecular flexibility index (Phi) is 5.68. The molecule has 162 valence electrons. The molecule has 3 N–H and O–H groups in total. The third kappa shape index (κ3) is 4.40. The molecule has 0 saturated carbocycles. The number of anilines is 3. The smallest absolute Gasteiger partial charge is 0.275 e. The molecule has 1 fully saturated rings. The van der Waals surface area contributed by atoms with Crippen LogP contribution in [0.1, 0.15) is 19.3 Å². The van der Waals surface area contributed by atoms with Crippen LogP contribution in [-0.4, -0.2) is 38.1 Å². The quantitative estimate of drug-likeness (QED) is 0.295. The number of aromatic nitrogens is 4. The second-order valence-corrected chi connectivity index (χ2v) is 8.43. The minimum absolute atomic E-state index is 0.0604. The van der Waals surface area contributed by atoms with Gasteiger partial charge in [0.2, 0.25) is 17.8 Å². The monoisotopic (exact) mass is 492 g/mol. The number of hydrogen-bond acceptors (Lipinski definition) is 8. The Balaban J connectivity index is 1.51. The van der Waals surface area contributed by atoms with Gasteiger partial charge in [0.1, 0.15) is 0 Å². The molecule has 4 aromatic rings. The van der Waals surface area contributed by atoms with E-state index < -0.39 is 0 Å². The van der Waals surface area contributed by atoms with E-state index in [1.54, 1.807) is 0 Å². The first-order chi connectivity index (χ1) is 15.7. The summed E-state index contributed by atoms with van der Waals surface area (Å²) in [7, 11) is 0. The number of rotatable bonds is 5. The molecule has 10 heteroatoms. The molecule has 0 radical (unpaired) electrons. The maximum absolute atomic E-state index is 10.3. The van der Waals surface area contributed by atoms with Crippen LogP contribution in [0.4, 0.5) is 29.2 Å². The largest absolute Gasteiger partial charge is 0.493 e. The molecular weight excluding hydrogens is 472 g/mol. The number of aromatic hydroxyl groups is 1. The SMILES string of the molecule is Oc1[nH]c2ccc(Br)cc2c1N=Nc1nc(Nc2ccccc2)nc(N2CCCCC2)n1. The summed E-state index contributed by atoms with van der Waals surface area (Å²) in [6.07, 6.45) is 3.41. The molecule has 2 aromatic carbocycles. The molecule has 1 aliphatic heterocycles. The summed E-state index contributed by atoms with van der Waals surface area (Å²) in [5.74, 6) is 1.07. The van der Waals surface area contributed by atoms with Crippen molar-refractivity contribution in [1.82, 2.24) is 19.9 Å². The zero-order valence-corrected chi connectivity index (χ0v) is 18.7. The highest BCUT2D eigenvalue weighted by Crippen LogP contribution is 2.37. The number of azo groups is 1. The molecule has 0 bridgehead atoms. The van der Waals surface area contributed by atoms with Gasteiger partial charge in [-0.2, -0.15) is 15.0 Å². The standard InChI is InChI=1S/C22H21BrN8O/c23-14-9-10-17-16(13-14)18(19(32)25-17)29-30-21-26-20(24-15-7-3-1-4-8-15)27-22(28-21)31-11-5-2-6-12-31/h1,3-4,7-10,13,25,32H,2,5-6,11-12H2,(H,24,26,27,28). The number of nitrogens with one attached hydrogen (secondary N) is 2. The Bertz CT molecular complexity index is 1270. The van der Waals surface area contributed by atoms with E-state index in [1.807, 2.05) is 48.5 Å². The van der Waals surface area contributed by atoms with Gasteiger partial charge in [-0.05, 0) is 49.6 Å². The number of hydrogen-bond donors (Lipinski definition) is 3. The van der Waals surface area contributed by atoms with Gasteiger partial charge in [-0.15, -0.1) is 10.2 Å². The molecule has 2 aromatic heterocycles. The molecule has 0 aliphatic carbocycles. The lowest BCUT2D eigenvalue weighted by Crippen LogP contribution is -2.31.